The van der Waals surface area contributed by atoms with E-state index >= 15 is 0 Å². The van der Waals surface area contributed by atoms with Gasteiger partial charge in [-0.25, -0.2) is 26.9 Å². The third kappa shape index (κ3) is 3.70. The Labute approximate surface area is 150 Å². The molecule has 0 aromatic carbocycles. The van der Waals surface area contributed by atoms with Gasteiger partial charge in [0.05, 0.1) is 18.5 Å². The SMILES string of the molecule is CS(=O)(=O)c1ccc(-n2nc(C(F)F)c(CO)c2NC2CCCC2)cn1. The highest BCUT2D eigenvalue weighted by Gasteiger charge is 2.27. The topological polar surface area (TPSA) is 97.1 Å². The van der Waals surface area contributed by atoms with Crippen LogP contribution in [0.5, 0.6) is 0 Å². The number of anilines is 1. The zero-order valence-electron chi connectivity index (χ0n) is 14.2. The van der Waals surface area contributed by atoms with E-state index < -0.39 is 28.6 Å². The summed E-state index contributed by atoms with van der Waals surface area (Å²) in [6, 6.07) is 2.86. The van der Waals surface area contributed by atoms with Crippen LogP contribution in [0.4, 0.5) is 14.6 Å². The predicted octanol–water partition coefficient (Wildman–Crippen LogP) is 2.46. The Balaban J connectivity index is 2.06. The maximum atomic E-state index is 13.3. The van der Waals surface area contributed by atoms with Crippen molar-refractivity contribution in [3.63, 3.8) is 0 Å². The van der Waals surface area contributed by atoms with Gasteiger partial charge in [0.1, 0.15) is 11.5 Å². The van der Waals surface area contributed by atoms with Crippen molar-refractivity contribution in [2.45, 2.75) is 49.8 Å². The molecule has 0 amide bonds. The van der Waals surface area contributed by atoms with Crippen LogP contribution < -0.4 is 5.32 Å². The third-order valence-electron chi connectivity index (χ3n) is 4.42. The zero-order chi connectivity index (χ0) is 18.9. The minimum absolute atomic E-state index is 0.0408. The van der Waals surface area contributed by atoms with E-state index in [2.05, 4.69) is 15.4 Å². The number of aliphatic hydroxyl groups excluding tert-OH is 1. The van der Waals surface area contributed by atoms with Crippen molar-refractivity contribution in [2.24, 2.45) is 0 Å². The largest absolute Gasteiger partial charge is 0.391 e. The first-order chi connectivity index (χ1) is 12.3. The highest BCUT2D eigenvalue weighted by atomic mass is 32.2. The lowest BCUT2D eigenvalue weighted by Crippen LogP contribution is -2.18. The maximum absolute atomic E-state index is 13.3. The van der Waals surface area contributed by atoms with Gasteiger partial charge in [0.25, 0.3) is 6.43 Å². The molecule has 0 aliphatic heterocycles. The van der Waals surface area contributed by atoms with Crippen LogP contribution >= 0.6 is 0 Å². The molecule has 1 fully saturated rings. The molecule has 3 rings (SSSR count). The Morgan fingerprint density at radius 1 is 1.35 bits per heavy atom. The van der Waals surface area contributed by atoms with E-state index in [4.69, 9.17) is 0 Å². The van der Waals surface area contributed by atoms with Crippen LogP contribution in [-0.4, -0.2) is 40.6 Å². The fourth-order valence-electron chi connectivity index (χ4n) is 3.11. The number of pyridine rings is 1. The van der Waals surface area contributed by atoms with Gasteiger partial charge in [0.2, 0.25) is 0 Å². The van der Waals surface area contributed by atoms with Gasteiger partial charge in [-0.15, -0.1) is 0 Å². The Kier molecular flexibility index (Phi) is 5.24. The highest BCUT2D eigenvalue weighted by molar-refractivity contribution is 7.90. The molecule has 7 nitrogen and oxygen atoms in total. The lowest BCUT2D eigenvalue weighted by molar-refractivity contribution is 0.141. The average molecular weight is 386 g/mol. The molecule has 0 atom stereocenters. The fraction of sp³-hybridized carbons (Fsp3) is 0.500. The Hall–Kier alpha value is -2.07. The van der Waals surface area contributed by atoms with Crippen LogP contribution in [0.3, 0.4) is 0 Å². The Morgan fingerprint density at radius 3 is 2.54 bits per heavy atom. The number of hydrogen-bond acceptors (Lipinski definition) is 6. The monoisotopic (exact) mass is 386 g/mol. The van der Waals surface area contributed by atoms with E-state index in [0.717, 1.165) is 31.9 Å². The molecule has 0 radical (unpaired) electrons. The van der Waals surface area contributed by atoms with Crippen LogP contribution in [0.2, 0.25) is 0 Å². The molecule has 0 bridgehead atoms. The van der Waals surface area contributed by atoms with Crippen molar-refractivity contribution in [3.8, 4) is 5.69 Å². The summed E-state index contributed by atoms with van der Waals surface area (Å²) in [6.45, 7) is -0.580. The summed E-state index contributed by atoms with van der Waals surface area (Å²) in [4.78, 5) is 3.88. The lowest BCUT2D eigenvalue weighted by atomic mass is 10.2. The van der Waals surface area contributed by atoms with Crippen LogP contribution in [0.1, 0.15) is 43.4 Å². The molecule has 142 valence electrons. The van der Waals surface area contributed by atoms with Gasteiger partial charge in [-0.1, -0.05) is 12.8 Å². The van der Waals surface area contributed by atoms with Crippen molar-refractivity contribution in [3.05, 3.63) is 29.6 Å². The summed E-state index contributed by atoms with van der Waals surface area (Å²) in [7, 11) is -3.47. The van der Waals surface area contributed by atoms with Crippen LogP contribution in [0, 0.1) is 0 Å². The number of sulfone groups is 1. The number of hydrogen-bond donors (Lipinski definition) is 2. The van der Waals surface area contributed by atoms with Gasteiger partial charge < -0.3 is 10.4 Å². The fourth-order valence-corrected chi connectivity index (χ4v) is 3.67. The van der Waals surface area contributed by atoms with Crippen LogP contribution in [0.15, 0.2) is 23.4 Å². The summed E-state index contributed by atoms with van der Waals surface area (Å²) in [5, 5.41) is 16.6. The van der Waals surface area contributed by atoms with Crippen molar-refractivity contribution in [1.29, 1.82) is 0 Å². The van der Waals surface area contributed by atoms with Gasteiger partial charge in [0.15, 0.2) is 14.9 Å². The first-order valence-corrected chi connectivity index (χ1v) is 10.1. The number of alkyl halides is 2. The summed E-state index contributed by atoms with van der Waals surface area (Å²) >= 11 is 0. The molecule has 2 aromatic rings. The molecule has 2 aromatic heterocycles. The van der Waals surface area contributed by atoms with Crippen LogP contribution in [-0.2, 0) is 16.4 Å². The molecule has 0 saturated heterocycles. The molecule has 10 heteroatoms. The summed E-state index contributed by atoms with van der Waals surface area (Å²) in [6.07, 6.45) is 3.37. The van der Waals surface area contributed by atoms with E-state index in [9.17, 15) is 22.3 Å². The second kappa shape index (κ2) is 7.28. The van der Waals surface area contributed by atoms with Gasteiger partial charge >= 0.3 is 0 Å². The van der Waals surface area contributed by atoms with E-state index in [0.29, 0.717) is 11.5 Å². The van der Waals surface area contributed by atoms with Gasteiger partial charge in [-0.2, -0.15) is 5.10 Å². The first-order valence-electron chi connectivity index (χ1n) is 8.25. The highest BCUT2D eigenvalue weighted by Crippen LogP contribution is 2.32. The molecule has 0 unspecified atom stereocenters. The van der Waals surface area contributed by atoms with E-state index in [1.165, 1.54) is 23.0 Å². The quantitative estimate of drug-likeness (QED) is 0.792. The Morgan fingerprint density at radius 2 is 2.04 bits per heavy atom. The van der Waals surface area contributed by atoms with E-state index in [1.54, 1.807) is 0 Å². The second-order valence-electron chi connectivity index (χ2n) is 6.34. The van der Waals surface area contributed by atoms with Crippen molar-refractivity contribution in [2.75, 3.05) is 11.6 Å². The van der Waals surface area contributed by atoms with Crippen LogP contribution in [0.25, 0.3) is 5.69 Å². The van der Waals surface area contributed by atoms with Crippen molar-refractivity contribution < 1.29 is 22.3 Å². The number of halogens is 2. The lowest BCUT2D eigenvalue weighted by Gasteiger charge is -2.16. The number of rotatable bonds is 6. The first kappa shape index (κ1) is 18.7. The molecular weight excluding hydrogens is 366 g/mol. The number of nitrogens with zero attached hydrogens (tertiary/aromatic N) is 3. The number of aliphatic hydroxyl groups is 1. The second-order valence-corrected chi connectivity index (χ2v) is 8.30. The minimum atomic E-state index is -3.47. The normalized spacial score (nSPS) is 15.7. The summed E-state index contributed by atoms with van der Waals surface area (Å²) < 4.78 is 51.0. The molecule has 26 heavy (non-hydrogen) atoms. The molecule has 1 saturated carbocycles. The number of nitrogens with one attached hydrogen (secondary N) is 1. The Bertz CT molecular complexity index is 876. The molecule has 1 aliphatic carbocycles. The van der Waals surface area contributed by atoms with Crippen molar-refractivity contribution >= 4 is 15.7 Å². The summed E-state index contributed by atoms with van der Waals surface area (Å²) in [5.74, 6) is 0.295. The van der Waals surface area contributed by atoms with E-state index in [-0.39, 0.29) is 16.6 Å². The van der Waals surface area contributed by atoms with Crippen molar-refractivity contribution in [1.82, 2.24) is 14.8 Å². The third-order valence-corrected chi connectivity index (χ3v) is 5.42. The molecular formula is C16H20F2N4O3S. The molecule has 1 aliphatic rings. The molecule has 2 heterocycles. The smallest absolute Gasteiger partial charge is 0.282 e. The minimum Gasteiger partial charge on any atom is -0.391 e. The predicted molar refractivity (Wildman–Crippen MR) is 91.2 cm³/mol. The van der Waals surface area contributed by atoms with E-state index in [1.807, 2.05) is 0 Å². The van der Waals surface area contributed by atoms with Gasteiger partial charge in [-0.3, -0.25) is 0 Å². The maximum Gasteiger partial charge on any atom is 0.282 e. The number of aromatic nitrogens is 3. The molecule has 0 spiro atoms. The van der Waals surface area contributed by atoms with Gasteiger partial charge in [0, 0.05) is 17.9 Å². The summed E-state index contributed by atoms with van der Waals surface area (Å²) in [5.41, 5.74) is -0.126. The zero-order valence-corrected chi connectivity index (χ0v) is 15.0. The average Bonchev–Trinajstić information content (AvgIpc) is 3.22. The van der Waals surface area contributed by atoms with Gasteiger partial charge in [-0.05, 0) is 25.0 Å². The standard InChI is InChI=1S/C16H20F2N4O3S/c1-26(24,25)13-7-6-11(8-19-13)22-16(20-10-4-2-3-5-10)12(9-23)14(21-22)15(17)18/h6-8,10,15,20,23H,2-5,9H2,1H3. The molecule has 2 N–H and O–H groups in total.